The van der Waals surface area contributed by atoms with Crippen molar-refractivity contribution in [3.8, 4) is 0 Å². The van der Waals surface area contributed by atoms with Crippen LogP contribution in [0.25, 0.3) is 0 Å². The molecule has 7 nitrogen and oxygen atoms in total. The fourth-order valence-corrected chi connectivity index (χ4v) is 1.51. The van der Waals surface area contributed by atoms with Gasteiger partial charge in [-0.25, -0.2) is 0 Å². The molecule has 0 spiro atoms. The number of benzene rings is 1. The normalized spacial score (nSPS) is 10.1. The lowest BCUT2D eigenvalue weighted by atomic mass is 10.1. The monoisotopic (exact) mass is 252 g/mol. The molecule has 7 heteroatoms. The summed E-state index contributed by atoms with van der Waals surface area (Å²) < 4.78 is 0. The average molecular weight is 252 g/mol. The van der Waals surface area contributed by atoms with Gasteiger partial charge in [0.1, 0.15) is 5.69 Å². The second kappa shape index (κ2) is 5.97. The first-order valence-electron chi connectivity index (χ1n) is 5.44. The van der Waals surface area contributed by atoms with Crippen LogP contribution in [-0.4, -0.2) is 31.0 Å². The van der Waals surface area contributed by atoms with E-state index in [1.54, 1.807) is 14.0 Å². The molecule has 0 bridgehead atoms. The Balaban J connectivity index is 3.01. The number of amides is 1. The number of nitrogens with one attached hydrogen (secondary N) is 2. The Hall–Kier alpha value is -2.15. The molecular weight excluding hydrogens is 236 g/mol. The van der Waals surface area contributed by atoms with E-state index in [4.69, 9.17) is 5.73 Å². The minimum atomic E-state index is -0.591. The summed E-state index contributed by atoms with van der Waals surface area (Å²) in [4.78, 5) is 22.0. The second-order valence-electron chi connectivity index (χ2n) is 3.86. The van der Waals surface area contributed by atoms with E-state index >= 15 is 0 Å². The van der Waals surface area contributed by atoms with E-state index in [1.165, 1.54) is 12.1 Å². The number of nitrogens with zero attached hydrogens (tertiary/aromatic N) is 1. The van der Waals surface area contributed by atoms with Gasteiger partial charge in [0.15, 0.2) is 0 Å². The van der Waals surface area contributed by atoms with E-state index in [0.29, 0.717) is 18.7 Å². The zero-order valence-electron chi connectivity index (χ0n) is 10.3. The molecule has 1 rings (SSSR count). The Morgan fingerprint density at radius 1 is 1.44 bits per heavy atom. The van der Waals surface area contributed by atoms with Gasteiger partial charge in [-0.2, -0.15) is 0 Å². The molecule has 0 aliphatic carbocycles. The van der Waals surface area contributed by atoms with Crippen molar-refractivity contribution in [2.24, 2.45) is 0 Å². The third-order valence-electron chi connectivity index (χ3n) is 2.40. The van der Waals surface area contributed by atoms with Crippen LogP contribution in [0.3, 0.4) is 0 Å². The summed E-state index contributed by atoms with van der Waals surface area (Å²) in [7, 11) is 1.76. The largest absolute Gasteiger partial charge is 0.393 e. The molecule has 1 amide bonds. The van der Waals surface area contributed by atoms with E-state index in [1.807, 2.05) is 0 Å². The van der Waals surface area contributed by atoms with Crippen molar-refractivity contribution in [3.05, 3.63) is 33.4 Å². The summed E-state index contributed by atoms with van der Waals surface area (Å²) in [5, 5.41) is 16.3. The lowest BCUT2D eigenvalue weighted by Gasteiger charge is -2.08. The zero-order valence-corrected chi connectivity index (χ0v) is 10.3. The number of rotatable bonds is 5. The van der Waals surface area contributed by atoms with Gasteiger partial charge in [-0.05, 0) is 25.6 Å². The third-order valence-corrected chi connectivity index (χ3v) is 2.40. The minimum Gasteiger partial charge on any atom is -0.393 e. The SMILES string of the molecule is CNCCNC(=O)c1cc(C)cc([N+](=O)[O-])c1N. The van der Waals surface area contributed by atoms with Gasteiger partial charge in [0.05, 0.1) is 10.5 Å². The van der Waals surface area contributed by atoms with Crippen LogP contribution in [0.1, 0.15) is 15.9 Å². The van der Waals surface area contributed by atoms with Gasteiger partial charge in [0.2, 0.25) is 0 Å². The van der Waals surface area contributed by atoms with Crippen molar-refractivity contribution in [1.82, 2.24) is 10.6 Å². The zero-order chi connectivity index (χ0) is 13.7. The first-order chi connectivity index (χ1) is 8.47. The van der Waals surface area contributed by atoms with Gasteiger partial charge in [0, 0.05) is 19.2 Å². The van der Waals surface area contributed by atoms with Crippen molar-refractivity contribution in [1.29, 1.82) is 0 Å². The molecule has 0 radical (unpaired) electrons. The summed E-state index contributed by atoms with van der Waals surface area (Å²) in [5.41, 5.74) is 6.05. The molecule has 0 saturated carbocycles. The van der Waals surface area contributed by atoms with Crippen LogP contribution in [0.2, 0.25) is 0 Å². The number of hydrogen-bond donors (Lipinski definition) is 3. The van der Waals surface area contributed by atoms with Crippen molar-refractivity contribution in [2.45, 2.75) is 6.92 Å². The number of nitrogen functional groups attached to an aromatic ring is 1. The van der Waals surface area contributed by atoms with Gasteiger partial charge < -0.3 is 16.4 Å². The van der Waals surface area contributed by atoms with Crippen LogP contribution in [0.15, 0.2) is 12.1 Å². The van der Waals surface area contributed by atoms with E-state index < -0.39 is 10.8 Å². The summed E-state index contributed by atoms with van der Waals surface area (Å²) >= 11 is 0. The van der Waals surface area contributed by atoms with Crippen LogP contribution in [0.4, 0.5) is 11.4 Å². The minimum absolute atomic E-state index is 0.104. The Kier molecular flexibility index (Phi) is 4.61. The Morgan fingerprint density at radius 3 is 2.67 bits per heavy atom. The van der Waals surface area contributed by atoms with Crippen molar-refractivity contribution in [3.63, 3.8) is 0 Å². The molecule has 98 valence electrons. The number of nitro groups is 1. The van der Waals surface area contributed by atoms with Gasteiger partial charge in [-0.3, -0.25) is 14.9 Å². The average Bonchev–Trinajstić information content (AvgIpc) is 2.31. The highest BCUT2D eigenvalue weighted by atomic mass is 16.6. The maximum Gasteiger partial charge on any atom is 0.293 e. The number of nitrogens with two attached hydrogens (primary N) is 1. The highest BCUT2D eigenvalue weighted by Crippen LogP contribution is 2.26. The third kappa shape index (κ3) is 3.17. The molecule has 0 heterocycles. The number of carbonyl (C=O) groups excluding carboxylic acids is 1. The van der Waals surface area contributed by atoms with E-state index in [0.717, 1.165) is 0 Å². The van der Waals surface area contributed by atoms with E-state index in [2.05, 4.69) is 10.6 Å². The van der Waals surface area contributed by atoms with Gasteiger partial charge >= 0.3 is 0 Å². The molecule has 18 heavy (non-hydrogen) atoms. The van der Waals surface area contributed by atoms with Gasteiger partial charge in [-0.15, -0.1) is 0 Å². The first-order valence-corrected chi connectivity index (χ1v) is 5.44. The van der Waals surface area contributed by atoms with E-state index in [-0.39, 0.29) is 16.9 Å². The van der Waals surface area contributed by atoms with Crippen LogP contribution < -0.4 is 16.4 Å². The fraction of sp³-hybridized carbons (Fsp3) is 0.364. The highest BCUT2D eigenvalue weighted by Gasteiger charge is 2.20. The second-order valence-corrected chi connectivity index (χ2v) is 3.86. The Labute approximate surface area is 105 Å². The first kappa shape index (κ1) is 13.9. The van der Waals surface area contributed by atoms with Gasteiger partial charge in [0.25, 0.3) is 11.6 Å². The molecule has 0 fully saturated rings. The number of aryl methyl sites for hydroxylation is 1. The maximum absolute atomic E-state index is 11.8. The number of likely N-dealkylation sites (N-methyl/N-ethyl adjacent to an activating group) is 1. The molecule has 0 aliphatic heterocycles. The predicted octanol–water partition coefficient (Wildman–Crippen LogP) is 0.435. The van der Waals surface area contributed by atoms with Crippen molar-refractivity contribution in [2.75, 3.05) is 25.9 Å². The fourth-order valence-electron chi connectivity index (χ4n) is 1.51. The van der Waals surface area contributed by atoms with Crippen LogP contribution in [0.5, 0.6) is 0 Å². The molecule has 0 atom stereocenters. The topological polar surface area (TPSA) is 110 Å². The summed E-state index contributed by atoms with van der Waals surface area (Å²) in [6.45, 7) is 2.72. The summed E-state index contributed by atoms with van der Waals surface area (Å²) in [5.74, 6) is -0.408. The quantitative estimate of drug-likeness (QED) is 0.305. The maximum atomic E-state index is 11.8. The van der Waals surface area contributed by atoms with Crippen LogP contribution in [0, 0.1) is 17.0 Å². The standard InChI is InChI=1S/C11H16N4O3/c1-7-5-8(11(16)14-4-3-13-2)10(12)9(6-7)15(17)18/h5-6,13H,3-4,12H2,1-2H3,(H,14,16). The summed E-state index contributed by atoms with van der Waals surface area (Å²) in [6, 6.07) is 2.89. The van der Waals surface area contributed by atoms with Crippen molar-refractivity contribution >= 4 is 17.3 Å². The molecule has 0 saturated heterocycles. The van der Waals surface area contributed by atoms with Crippen molar-refractivity contribution < 1.29 is 9.72 Å². The van der Waals surface area contributed by atoms with Crippen LogP contribution in [-0.2, 0) is 0 Å². The summed E-state index contributed by atoms with van der Waals surface area (Å²) in [6.07, 6.45) is 0. The smallest absolute Gasteiger partial charge is 0.293 e. The molecule has 0 aliphatic rings. The highest BCUT2D eigenvalue weighted by molar-refractivity contribution is 6.01. The lowest BCUT2D eigenvalue weighted by Crippen LogP contribution is -2.31. The van der Waals surface area contributed by atoms with E-state index in [9.17, 15) is 14.9 Å². The predicted molar refractivity (Wildman–Crippen MR) is 68.5 cm³/mol. The molecule has 0 aromatic heterocycles. The number of carbonyl (C=O) groups is 1. The Bertz CT molecular complexity index is 474. The number of hydrogen-bond acceptors (Lipinski definition) is 5. The molecule has 1 aromatic carbocycles. The molecule has 1 aromatic rings. The number of nitro benzene ring substituents is 1. The molecule has 4 N–H and O–H groups in total. The number of anilines is 1. The molecule has 0 unspecified atom stereocenters. The van der Waals surface area contributed by atoms with Gasteiger partial charge in [-0.1, -0.05) is 0 Å². The lowest BCUT2D eigenvalue weighted by molar-refractivity contribution is -0.384. The Morgan fingerprint density at radius 2 is 2.11 bits per heavy atom. The van der Waals surface area contributed by atoms with Crippen LogP contribution >= 0.6 is 0 Å². The molecular formula is C11H16N4O3.